The van der Waals surface area contributed by atoms with Crippen molar-refractivity contribution in [2.24, 2.45) is 4.99 Å². The third-order valence-electron chi connectivity index (χ3n) is 3.51. The summed E-state index contributed by atoms with van der Waals surface area (Å²) in [6, 6.07) is 7.56. The molecule has 0 aliphatic carbocycles. The van der Waals surface area contributed by atoms with E-state index in [1.165, 1.54) is 0 Å². The first-order chi connectivity index (χ1) is 12.3. The molecular weight excluding hydrogens is 477 g/mol. The molecule has 1 rings (SSSR count). The Kier molecular flexibility index (Phi) is 12.7. The third kappa shape index (κ3) is 10.2. The molecule has 2 atom stereocenters. The Bertz CT molecular complexity index is 606. The van der Waals surface area contributed by atoms with Gasteiger partial charge in [-0.2, -0.15) is 0 Å². The number of rotatable bonds is 9. The van der Waals surface area contributed by atoms with Gasteiger partial charge in [-0.3, -0.25) is 4.21 Å². The van der Waals surface area contributed by atoms with Crippen molar-refractivity contribution < 1.29 is 13.7 Å². The minimum Gasteiger partial charge on any atom is -0.493 e. The van der Waals surface area contributed by atoms with E-state index in [2.05, 4.69) is 15.6 Å². The van der Waals surface area contributed by atoms with Gasteiger partial charge >= 0.3 is 0 Å². The Morgan fingerprint density at radius 1 is 1.22 bits per heavy atom. The Morgan fingerprint density at radius 3 is 2.41 bits per heavy atom. The van der Waals surface area contributed by atoms with Gasteiger partial charge < -0.3 is 20.1 Å². The molecule has 1 aromatic rings. The van der Waals surface area contributed by atoms with Crippen LogP contribution in [0.2, 0.25) is 0 Å². The number of ether oxygens (including phenoxy) is 2. The zero-order chi connectivity index (χ0) is 19.6. The van der Waals surface area contributed by atoms with Crippen LogP contribution >= 0.6 is 24.0 Å². The quantitative estimate of drug-likeness (QED) is 0.303. The highest BCUT2D eigenvalue weighted by atomic mass is 127. The maximum atomic E-state index is 12.1. The molecule has 0 radical (unpaired) electrons. The fourth-order valence-electron chi connectivity index (χ4n) is 2.10. The van der Waals surface area contributed by atoms with Crippen LogP contribution in [0, 0.1) is 0 Å². The van der Waals surface area contributed by atoms with E-state index in [0.29, 0.717) is 36.3 Å². The summed E-state index contributed by atoms with van der Waals surface area (Å²) in [6.07, 6.45) is -0.106. The number of nitrogens with zero attached hydrogens (tertiary/aromatic N) is 1. The highest BCUT2D eigenvalue weighted by Crippen LogP contribution is 2.26. The van der Waals surface area contributed by atoms with E-state index in [-0.39, 0.29) is 34.8 Å². The van der Waals surface area contributed by atoms with Crippen LogP contribution in [0.1, 0.15) is 34.6 Å². The summed E-state index contributed by atoms with van der Waals surface area (Å²) in [5.41, 5.74) is 0. The molecule has 0 aliphatic heterocycles. The highest BCUT2D eigenvalue weighted by molar-refractivity contribution is 14.0. The average Bonchev–Trinajstić information content (AvgIpc) is 2.59. The van der Waals surface area contributed by atoms with Crippen molar-refractivity contribution in [3.63, 3.8) is 0 Å². The van der Waals surface area contributed by atoms with E-state index < -0.39 is 10.8 Å². The van der Waals surface area contributed by atoms with Crippen LogP contribution in [0.3, 0.4) is 0 Å². The zero-order valence-corrected chi connectivity index (χ0v) is 20.4. The average molecular weight is 511 g/mol. The number of methoxy groups -OCH3 is 1. The number of hydrogen-bond acceptors (Lipinski definition) is 4. The van der Waals surface area contributed by atoms with Crippen molar-refractivity contribution in [2.75, 3.05) is 32.5 Å². The molecule has 0 saturated carbocycles. The Morgan fingerprint density at radius 2 is 1.85 bits per heavy atom. The van der Waals surface area contributed by atoms with Crippen LogP contribution in [0.15, 0.2) is 29.3 Å². The van der Waals surface area contributed by atoms with E-state index in [9.17, 15) is 4.21 Å². The molecule has 0 bridgehead atoms. The van der Waals surface area contributed by atoms with Crippen molar-refractivity contribution in [3.05, 3.63) is 24.3 Å². The number of guanidine groups is 1. The van der Waals surface area contributed by atoms with E-state index in [0.717, 1.165) is 6.54 Å². The van der Waals surface area contributed by atoms with Crippen LogP contribution < -0.4 is 20.1 Å². The van der Waals surface area contributed by atoms with Crippen LogP contribution in [0.25, 0.3) is 0 Å². The third-order valence-corrected chi connectivity index (χ3v) is 5.45. The molecule has 0 fully saturated rings. The van der Waals surface area contributed by atoms with Crippen LogP contribution in [-0.2, 0) is 10.8 Å². The molecule has 2 N–H and O–H groups in total. The topological polar surface area (TPSA) is 72.0 Å². The number of benzene rings is 1. The number of hydrogen-bond donors (Lipinski definition) is 2. The van der Waals surface area contributed by atoms with Gasteiger partial charge in [-0.15, -0.1) is 24.0 Å². The summed E-state index contributed by atoms with van der Waals surface area (Å²) in [7, 11) is 0.740. The Hall–Kier alpha value is -1.03. The molecule has 0 heterocycles. The SMILES string of the molecule is CCNC(=NCC(C)Oc1ccccc1OC)NCCS(=O)C(C)(C)C.I. The minimum atomic E-state index is -0.885. The van der Waals surface area contributed by atoms with Gasteiger partial charge in [0.15, 0.2) is 17.5 Å². The van der Waals surface area contributed by atoms with Gasteiger partial charge in [0.25, 0.3) is 0 Å². The van der Waals surface area contributed by atoms with Crippen molar-refractivity contribution in [1.82, 2.24) is 10.6 Å². The van der Waals surface area contributed by atoms with Gasteiger partial charge in [-0.1, -0.05) is 12.1 Å². The minimum absolute atomic E-state index is 0. The van der Waals surface area contributed by atoms with Crippen LogP contribution in [0.5, 0.6) is 11.5 Å². The maximum Gasteiger partial charge on any atom is 0.191 e. The first-order valence-electron chi connectivity index (χ1n) is 8.98. The lowest BCUT2D eigenvalue weighted by molar-refractivity contribution is 0.219. The monoisotopic (exact) mass is 511 g/mol. The summed E-state index contributed by atoms with van der Waals surface area (Å²) >= 11 is 0. The predicted octanol–water partition coefficient (Wildman–Crippen LogP) is 3.18. The van der Waals surface area contributed by atoms with E-state index in [1.54, 1.807) is 7.11 Å². The first kappa shape index (κ1) is 26.0. The maximum absolute atomic E-state index is 12.1. The van der Waals surface area contributed by atoms with E-state index >= 15 is 0 Å². The fourth-order valence-corrected chi connectivity index (χ4v) is 3.00. The predicted molar refractivity (Wildman–Crippen MR) is 125 cm³/mol. The molecule has 2 unspecified atom stereocenters. The second-order valence-electron chi connectivity index (χ2n) is 6.89. The van der Waals surface area contributed by atoms with Gasteiger partial charge in [0.2, 0.25) is 0 Å². The normalized spacial score (nSPS) is 13.9. The molecule has 0 spiro atoms. The summed E-state index contributed by atoms with van der Waals surface area (Å²) in [5.74, 6) is 2.70. The highest BCUT2D eigenvalue weighted by Gasteiger charge is 2.18. The van der Waals surface area contributed by atoms with Gasteiger partial charge in [0.1, 0.15) is 6.10 Å². The Labute approximate surface area is 183 Å². The van der Waals surface area contributed by atoms with E-state index in [4.69, 9.17) is 9.47 Å². The van der Waals surface area contributed by atoms with E-state index in [1.807, 2.05) is 58.9 Å². The molecule has 1 aromatic carbocycles. The van der Waals surface area contributed by atoms with Gasteiger partial charge in [-0.25, -0.2) is 4.99 Å². The molecule has 0 aliphatic rings. The van der Waals surface area contributed by atoms with Crippen molar-refractivity contribution >= 4 is 40.7 Å². The molecule has 6 nitrogen and oxygen atoms in total. The number of nitrogens with one attached hydrogen (secondary N) is 2. The summed E-state index contributed by atoms with van der Waals surface area (Å²) < 4.78 is 23.1. The lowest BCUT2D eigenvalue weighted by Gasteiger charge is -2.19. The molecule has 0 amide bonds. The van der Waals surface area contributed by atoms with Gasteiger partial charge in [-0.05, 0) is 46.8 Å². The lowest BCUT2D eigenvalue weighted by Crippen LogP contribution is -2.41. The van der Waals surface area contributed by atoms with Crippen LogP contribution in [0.4, 0.5) is 0 Å². The van der Waals surface area contributed by atoms with Crippen molar-refractivity contribution in [3.8, 4) is 11.5 Å². The molecule has 0 saturated heterocycles. The number of halogens is 1. The molecule has 156 valence electrons. The number of aliphatic imine (C=N–C) groups is 1. The second-order valence-corrected chi connectivity index (χ2v) is 9.21. The first-order valence-corrected chi connectivity index (χ1v) is 10.3. The standard InChI is InChI=1S/C19H33N3O3S.HI/c1-7-20-18(21-12-13-26(23)19(3,4)5)22-14-15(2)25-17-11-9-8-10-16(17)24-6;/h8-11,15H,7,12-14H2,1-6H3,(H2,20,21,22);1H. The van der Waals surface area contributed by atoms with Crippen molar-refractivity contribution in [1.29, 1.82) is 0 Å². The molecule has 27 heavy (non-hydrogen) atoms. The Balaban J connectivity index is 0.00000676. The fraction of sp³-hybridized carbons (Fsp3) is 0.632. The largest absolute Gasteiger partial charge is 0.493 e. The molecule has 0 aromatic heterocycles. The smallest absolute Gasteiger partial charge is 0.191 e. The molecule has 8 heteroatoms. The van der Waals surface area contributed by atoms with Gasteiger partial charge in [0, 0.05) is 34.4 Å². The summed E-state index contributed by atoms with van der Waals surface area (Å²) in [4.78, 5) is 4.55. The van der Waals surface area contributed by atoms with Crippen LogP contribution in [-0.4, -0.2) is 53.5 Å². The second kappa shape index (κ2) is 13.2. The molecular formula is C19H34IN3O3S. The lowest BCUT2D eigenvalue weighted by atomic mass is 10.3. The summed E-state index contributed by atoms with van der Waals surface area (Å²) in [6.45, 7) is 11.8. The summed E-state index contributed by atoms with van der Waals surface area (Å²) in [5, 5.41) is 6.43. The zero-order valence-electron chi connectivity index (χ0n) is 17.2. The number of para-hydroxylation sites is 2. The van der Waals surface area contributed by atoms with Crippen molar-refractivity contribution in [2.45, 2.75) is 45.5 Å². The van der Waals surface area contributed by atoms with Gasteiger partial charge in [0.05, 0.1) is 13.7 Å².